The molecular weight excluding hydrogens is 324 g/mol. The molecule has 0 unspecified atom stereocenters. The first-order chi connectivity index (χ1) is 11.3. The van der Waals surface area contributed by atoms with E-state index in [2.05, 4.69) is 10.1 Å². The minimum absolute atomic E-state index is 0.116. The number of hydrogen-bond acceptors (Lipinski definition) is 5. The van der Waals surface area contributed by atoms with E-state index in [0.717, 1.165) is 9.65 Å². The largest absolute Gasteiger partial charge is 0.367 e. The Morgan fingerprint density at radius 2 is 1.50 bits per heavy atom. The van der Waals surface area contributed by atoms with Gasteiger partial charge in [0.05, 0.1) is 10.3 Å². The first-order valence-corrected chi connectivity index (χ1v) is 8.86. The quantitative estimate of drug-likeness (QED) is 0.786. The Bertz CT molecular complexity index is 949. The number of benzene rings is 2. The minimum atomic E-state index is -3.87. The average molecular weight is 342 g/mol. The average Bonchev–Trinajstić information content (AvgIpc) is 3.00. The second kappa shape index (κ2) is 5.76. The molecule has 0 bridgehead atoms. The second-order valence-corrected chi connectivity index (χ2v) is 7.71. The third-order valence-electron chi connectivity index (χ3n) is 3.93. The Morgan fingerprint density at radius 1 is 0.958 bits per heavy atom. The monoisotopic (exact) mass is 342 g/mol. The first-order valence-electron chi connectivity index (χ1n) is 7.42. The summed E-state index contributed by atoms with van der Waals surface area (Å²) in [5, 5.41) is 4.20. The predicted molar refractivity (Wildman–Crippen MR) is 92.0 cm³/mol. The lowest BCUT2D eigenvalue weighted by atomic mass is 9.84. The molecule has 3 aromatic rings. The Kier molecular flexibility index (Phi) is 3.88. The zero-order chi connectivity index (χ0) is 17.4. The van der Waals surface area contributed by atoms with Crippen LogP contribution in [0.15, 0.2) is 65.6 Å². The zero-order valence-electron chi connectivity index (χ0n) is 13.4. The molecule has 0 fully saturated rings. The van der Waals surface area contributed by atoms with E-state index >= 15 is 0 Å². The summed E-state index contributed by atoms with van der Waals surface area (Å²) in [5.74, 6) is 0.198. The van der Waals surface area contributed by atoms with Gasteiger partial charge < -0.3 is 5.73 Å². The van der Waals surface area contributed by atoms with Gasteiger partial charge in [0.25, 0.3) is 10.0 Å². The highest BCUT2D eigenvalue weighted by Crippen LogP contribution is 2.30. The van der Waals surface area contributed by atoms with Crippen LogP contribution in [0.4, 0.5) is 5.95 Å². The molecule has 2 aromatic carbocycles. The Morgan fingerprint density at radius 3 is 2.08 bits per heavy atom. The molecule has 0 aliphatic rings. The van der Waals surface area contributed by atoms with Gasteiger partial charge in [-0.25, -0.2) is 0 Å². The molecule has 0 atom stereocenters. The topological polar surface area (TPSA) is 90.9 Å². The van der Waals surface area contributed by atoms with E-state index in [1.807, 2.05) is 44.2 Å². The molecule has 1 aromatic heterocycles. The van der Waals surface area contributed by atoms with Crippen molar-refractivity contribution < 1.29 is 8.42 Å². The number of aromatic nitrogens is 3. The SMILES string of the molecule is CC(C)(c1ccccc1)c1nc(N)n(S(=O)(=O)c2ccccc2)n1. The van der Waals surface area contributed by atoms with Gasteiger partial charge in [0.15, 0.2) is 5.82 Å². The van der Waals surface area contributed by atoms with Crippen LogP contribution < -0.4 is 5.73 Å². The third kappa shape index (κ3) is 2.67. The van der Waals surface area contributed by atoms with Gasteiger partial charge in [0, 0.05) is 0 Å². The summed E-state index contributed by atoms with van der Waals surface area (Å²) in [5.41, 5.74) is 6.24. The van der Waals surface area contributed by atoms with Crippen molar-refractivity contribution in [2.45, 2.75) is 24.2 Å². The molecule has 0 radical (unpaired) electrons. The van der Waals surface area contributed by atoms with Crippen LogP contribution in [-0.4, -0.2) is 22.6 Å². The van der Waals surface area contributed by atoms with Crippen LogP contribution in [0.5, 0.6) is 0 Å². The van der Waals surface area contributed by atoms with Crippen molar-refractivity contribution in [3.05, 3.63) is 72.1 Å². The molecule has 1 heterocycles. The van der Waals surface area contributed by atoms with Crippen LogP contribution in [-0.2, 0) is 15.4 Å². The summed E-state index contributed by atoms with van der Waals surface area (Å²) in [4.78, 5) is 4.32. The molecular formula is C17H18N4O2S. The highest BCUT2D eigenvalue weighted by Gasteiger charge is 2.31. The van der Waals surface area contributed by atoms with Gasteiger partial charge in [-0.1, -0.05) is 48.5 Å². The van der Waals surface area contributed by atoms with Crippen LogP contribution in [0.2, 0.25) is 0 Å². The van der Waals surface area contributed by atoms with E-state index in [-0.39, 0.29) is 10.8 Å². The fourth-order valence-corrected chi connectivity index (χ4v) is 3.60. The maximum atomic E-state index is 12.7. The Labute approximate surface area is 141 Å². The predicted octanol–water partition coefficient (Wildman–Crippen LogP) is 2.42. The van der Waals surface area contributed by atoms with Gasteiger partial charge in [-0.05, 0) is 31.5 Å². The molecule has 0 aliphatic carbocycles. The van der Waals surface area contributed by atoms with Crippen molar-refractivity contribution in [3.8, 4) is 0 Å². The van der Waals surface area contributed by atoms with Gasteiger partial charge >= 0.3 is 0 Å². The highest BCUT2D eigenvalue weighted by atomic mass is 32.2. The molecule has 0 amide bonds. The molecule has 0 saturated heterocycles. The molecule has 124 valence electrons. The van der Waals surface area contributed by atoms with Crippen LogP contribution in [0, 0.1) is 0 Å². The fourth-order valence-electron chi connectivity index (χ4n) is 2.43. The third-order valence-corrected chi connectivity index (χ3v) is 5.52. The van der Waals surface area contributed by atoms with Crippen LogP contribution in [0.25, 0.3) is 0 Å². The van der Waals surface area contributed by atoms with Crippen molar-refractivity contribution in [1.29, 1.82) is 0 Å². The van der Waals surface area contributed by atoms with Crippen LogP contribution >= 0.6 is 0 Å². The molecule has 24 heavy (non-hydrogen) atoms. The molecule has 3 rings (SSSR count). The van der Waals surface area contributed by atoms with E-state index < -0.39 is 15.4 Å². The van der Waals surface area contributed by atoms with E-state index in [1.54, 1.807) is 18.2 Å². The van der Waals surface area contributed by atoms with Crippen LogP contribution in [0.3, 0.4) is 0 Å². The van der Waals surface area contributed by atoms with Crippen LogP contribution in [0.1, 0.15) is 25.2 Å². The number of nitrogens with two attached hydrogens (primary N) is 1. The number of hydrogen-bond donors (Lipinski definition) is 1. The van der Waals surface area contributed by atoms with Gasteiger partial charge in [-0.2, -0.15) is 13.4 Å². The standard InChI is InChI=1S/C17H18N4O2S/c1-17(2,13-9-5-3-6-10-13)15-19-16(18)21(20-15)24(22,23)14-11-7-4-8-12-14/h3-12H,1-2H3,(H2,18,19,20). The van der Waals surface area contributed by atoms with Crippen molar-refractivity contribution in [2.75, 3.05) is 5.73 Å². The molecule has 0 aliphatic heterocycles. The number of anilines is 1. The summed E-state index contributed by atoms with van der Waals surface area (Å²) >= 11 is 0. The van der Waals surface area contributed by atoms with E-state index in [0.29, 0.717) is 5.82 Å². The van der Waals surface area contributed by atoms with Gasteiger partial charge in [0.2, 0.25) is 5.95 Å². The normalized spacial score (nSPS) is 12.2. The Balaban J connectivity index is 2.09. The van der Waals surface area contributed by atoms with Crippen molar-refractivity contribution in [1.82, 2.24) is 14.2 Å². The zero-order valence-corrected chi connectivity index (χ0v) is 14.2. The van der Waals surface area contributed by atoms with Gasteiger partial charge in [-0.3, -0.25) is 0 Å². The summed E-state index contributed by atoms with van der Waals surface area (Å²) in [6, 6.07) is 17.7. The lowest BCUT2D eigenvalue weighted by Gasteiger charge is -2.21. The number of rotatable bonds is 4. The summed E-state index contributed by atoms with van der Waals surface area (Å²) in [6.07, 6.45) is 0. The Hall–Kier alpha value is -2.67. The van der Waals surface area contributed by atoms with Gasteiger partial charge in [0.1, 0.15) is 0 Å². The van der Waals surface area contributed by atoms with Crippen molar-refractivity contribution >= 4 is 16.0 Å². The van der Waals surface area contributed by atoms with E-state index in [9.17, 15) is 8.42 Å². The molecule has 2 N–H and O–H groups in total. The smallest absolute Gasteiger partial charge is 0.286 e. The number of nitrogen functional groups attached to an aromatic ring is 1. The van der Waals surface area contributed by atoms with Gasteiger partial charge in [-0.15, -0.1) is 9.19 Å². The molecule has 0 spiro atoms. The van der Waals surface area contributed by atoms with E-state index in [1.165, 1.54) is 12.1 Å². The van der Waals surface area contributed by atoms with Crippen molar-refractivity contribution in [3.63, 3.8) is 0 Å². The fraction of sp³-hybridized carbons (Fsp3) is 0.176. The minimum Gasteiger partial charge on any atom is -0.367 e. The summed E-state index contributed by atoms with van der Waals surface area (Å²) in [6.45, 7) is 3.85. The lowest BCUT2D eigenvalue weighted by Crippen LogP contribution is -2.22. The second-order valence-electron chi connectivity index (χ2n) is 5.95. The van der Waals surface area contributed by atoms with Crippen molar-refractivity contribution in [2.24, 2.45) is 0 Å². The summed E-state index contributed by atoms with van der Waals surface area (Å²) < 4.78 is 26.2. The number of nitrogens with zero attached hydrogens (tertiary/aromatic N) is 3. The first kappa shape index (κ1) is 16.2. The lowest BCUT2D eigenvalue weighted by molar-refractivity contribution is 0.568. The van der Waals surface area contributed by atoms with E-state index in [4.69, 9.17) is 5.73 Å². The maximum absolute atomic E-state index is 12.7. The summed E-state index contributed by atoms with van der Waals surface area (Å²) in [7, 11) is -3.87. The molecule has 7 heteroatoms. The highest BCUT2D eigenvalue weighted by molar-refractivity contribution is 7.90. The molecule has 0 saturated carbocycles. The molecule has 6 nitrogen and oxygen atoms in total. The maximum Gasteiger partial charge on any atom is 0.286 e.